The van der Waals surface area contributed by atoms with E-state index in [1.807, 2.05) is 36.4 Å². The second-order valence-electron chi connectivity index (χ2n) is 4.42. The normalized spacial score (nSPS) is 10.3. The zero-order valence-electron chi connectivity index (χ0n) is 10.8. The van der Waals surface area contributed by atoms with E-state index in [-0.39, 0.29) is 0 Å². The van der Waals surface area contributed by atoms with E-state index in [9.17, 15) is 5.26 Å². The van der Waals surface area contributed by atoms with E-state index >= 15 is 0 Å². The maximum atomic E-state index is 9.30. The number of nitriles is 1. The summed E-state index contributed by atoms with van der Waals surface area (Å²) in [6.07, 6.45) is 1.57. The van der Waals surface area contributed by atoms with Gasteiger partial charge in [0.05, 0.1) is 27.5 Å². The van der Waals surface area contributed by atoms with E-state index in [2.05, 4.69) is 32.3 Å². The first-order valence-electron chi connectivity index (χ1n) is 6.19. The van der Waals surface area contributed by atoms with Crippen LogP contribution in [0.1, 0.15) is 5.56 Å². The number of fused-ring (bicyclic) bond motifs is 1. The van der Waals surface area contributed by atoms with Gasteiger partial charge in [-0.3, -0.25) is 4.98 Å². The summed E-state index contributed by atoms with van der Waals surface area (Å²) in [5.74, 6) is 0. The van der Waals surface area contributed by atoms with Crippen LogP contribution in [0.15, 0.2) is 53.1 Å². The maximum absolute atomic E-state index is 9.30. The second-order valence-corrected chi connectivity index (χ2v) is 5.75. The van der Waals surface area contributed by atoms with Crippen molar-refractivity contribution in [3.8, 4) is 6.07 Å². The summed E-state index contributed by atoms with van der Waals surface area (Å²) in [6.45, 7) is 0. The van der Waals surface area contributed by atoms with Gasteiger partial charge in [-0.1, -0.05) is 45.7 Å². The Morgan fingerprint density at radius 1 is 1.19 bits per heavy atom. The zero-order chi connectivity index (χ0) is 14.8. The van der Waals surface area contributed by atoms with E-state index < -0.39 is 0 Å². The second kappa shape index (κ2) is 5.72. The first-order valence-corrected chi connectivity index (χ1v) is 7.36. The summed E-state index contributed by atoms with van der Waals surface area (Å²) >= 11 is 9.61. The highest BCUT2D eigenvalue weighted by Gasteiger charge is 2.10. The SMILES string of the molecule is N#Cc1cnc2ccccc2c1Nc1ccc(Br)cc1Cl. The van der Waals surface area contributed by atoms with Gasteiger partial charge < -0.3 is 5.32 Å². The van der Waals surface area contributed by atoms with Crippen LogP contribution < -0.4 is 5.32 Å². The van der Waals surface area contributed by atoms with E-state index in [4.69, 9.17) is 11.6 Å². The minimum absolute atomic E-state index is 0.479. The van der Waals surface area contributed by atoms with Gasteiger partial charge in [0.2, 0.25) is 0 Å². The molecule has 2 aromatic carbocycles. The van der Waals surface area contributed by atoms with Crippen LogP contribution in [0, 0.1) is 11.3 Å². The molecule has 102 valence electrons. The number of benzene rings is 2. The molecule has 0 bridgehead atoms. The highest BCUT2D eigenvalue weighted by atomic mass is 79.9. The van der Waals surface area contributed by atoms with Crippen LogP contribution in [0.2, 0.25) is 5.02 Å². The average Bonchev–Trinajstić information content (AvgIpc) is 2.50. The lowest BCUT2D eigenvalue weighted by Crippen LogP contribution is -1.97. The third-order valence-corrected chi connectivity index (χ3v) is 3.89. The van der Waals surface area contributed by atoms with Gasteiger partial charge in [-0.15, -0.1) is 0 Å². The summed E-state index contributed by atoms with van der Waals surface area (Å²) in [5.41, 5.74) is 2.76. The molecule has 0 aliphatic rings. The molecule has 5 heteroatoms. The van der Waals surface area contributed by atoms with Gasteiger partial charge in [0.25, 0.3) is 0 Å². The van der Waals surface area contributed by atoms with Crippen molar-refractivity contribution >= 4 is 49.8 Å². The molecule has 3 aromatic rings. The largest absolute Gasteiger partial charge is 0.353 e. The van der Waals surface area contributed by atoms with Gasteiger partial charge in [-0.2, -0.15) is 5.26 Å². The molecule has 1 heterocycles. The fraction of sp³-hybridized carbons (Fsp3) is 0. The lowest BCUT2D eigenvalue weighted by Gasteiger charge is -2.12. The Balaban J connectivity index is 2.17. The highest BCUT2D eigenvalue weighted by Crippen LogP contribution is 2.33. The van der Waals surface area contributed by atoms with Gasteiger partial charge in [0.15, 0.2) is 0 Å². The third-order valence-electron chi connectivity index (χ3n) is 3.09. The van der Waals surface area contributed by atoms with E-state index in [0.717, 1.165) is 21.1 Å². The Kier molecular flexibility index (Phi) is 3.78. The first kappa shape index (κ1) is 13.9. The number of anilines is 2. The van der Waals surface area contributed by atoms with Crippen LogP contribution >= 0.6 is 27.5 Å². The first-order chi connectivity index (χ1) is 10.2. The number of nitrogens with one attached hydrogen (secondary N) is 1. The quantitative estimate of drug-likeness (QED) is 0.679. The van der Waals surface area contributed by atoms with Crippen LogP contribution in [0.25, 0.3) is 10.9 Å². The van der Waals surface area contributed by atoms with Crippen molar-refractivity contribution in [3.05, 3.63) is 63.7 Å². The van der Waals surface area contributed by atoms with Crippen LogP contribution in [-0.4, -0.2) is 4.98 Å². The number of nitrogens with zero attached hydrogens (tertiary/aromatic N) is 2. The Bertz CT molecular complexity index is 871. The smallest absolute Gasteiger partial charge is 0.103 e. The molecule has 0 spiro atoms. The molecular weight excluding hydrogens is 350 g/mol. The summed E-state index contributed by atoms with van der Waals surface area (Å²) < 4.78 is 0.901. The Hall–Kier alpha value is -2.09. The molecule has 0 saturated heterocycles. The third kappa shape index (κ3) is 2.71. The minimum atomic E-state index is 0.479. The highest BCUT2D eigenvalue weighted by molar-refractivity contribution is 9.10. The Morgan fingerprint density at radius 3 is 2.76 bits per heavy atom. The van der Waals surface area contributed by atoms with E-state index in [0.29, 0.717) is 16.3 Å². The number of pyridine rings is 1. The monoisotopic (exact) mass is 357 g/mol. The molecule has 1 N–H and O–H groups in total. The maximum Gasteiger partial charge on any atom is 0.103 e. The molecule has 3 nitrogen and oxygen atoms in total. The van der Waals surface area contributed by atoms with Gasteiger partial charge in [-0.25, -0.2) is 0 Å². The molecule has 3 rings (SSSR count). The number of halogens is 2. The number of hydrogen-bond acceptors (Lipinski definition) is 3. The zero-order valence-corrected chi connectivity index (χ0v) is 13.1. The van der Waals surface area contributed by atoms with Gasteiger partial charge in [0.1, 0.15) is 6.07 Å². The topological polar surface area (TPSA) is 48.7 Å². The van der Waals surface area contributed by atoms with Crippen molar-refractivity contribution < 1.29 is 0 Å². The minimum Gasteiger partial charge on any atom is -0.353 e. The fourth-order valence-corrected chi connectivity index (χ4v) is 2.81. The summed E-state index contributed by atoms with van der Waals surface area (Å²) in [7, 11) is 0. The van der Waals surface area contributed by atoms with Crippen LogP contribution in [-0.2, 0) is 0 Å². The number of aromatic nitrogens is 1. The molecule has 0 saturated carbocycles. The molecule has 0 amide bonds. The van der Waals surface area contributed by atoms with Crippen molar-refractivity contribution in [3.63, 3.8) is 0 Å². The molecule has 0 fully saturated rings. The fourth-order valence-electron chi connectivity index (χ4n) is 2.09. The van der Waals surface area contributed by atoms with Crippen molar-refractivity contribution in [2.75, 3.05) is 5.32 Å². The van der Waals surface area contributed by atoms with Crippen LogP contribution in [0.3, 0.4) is 0 Å². The standard InChI is InChI=1S/C16H9BrClN3/c17-11-5-6-15(13(18)7-11)21-16-10(8-19)9-20-14-4-2-1-3-12(14)16/h1-7,9H,(H,20,21). The predicted molar refractivity (Wildman–Crippen MR) is 88.9 cm³/mol. The molecule has 0 atom stereocenters. The van der Waals surface area contributed by atoms with Gasteiger partial charge >= 0.3 is 0 Å². The average molecular weight is 359 g/mol. The molecule has 0 radical (unpaired) electrons. The number of hydrogen-bond donors (Lipinski definition) is 1. The Labute approximate surface area is 135 Å². The van der Waals surface area contributed by atoms with Crippen molar-refractivity contribution in [1.82, 2.24) is 4.98 Å². The van der Waals surface area contributed by atoms with E-state index in [1.54, 1.807) is 12.3 Å². The molecule has 0 unspecified atom stereocenters. The van der Waals surface area contributed by atoms with Crippen molar-refractivity contribution in [2.24, 2.45) is 0 Å². The molecular formula is C16H9BrClN3. The Morgan fingerprint density at radius 2 is 2.00 bits per heavy atom. The predicted octanol–water partition coefficient (Wildman–Crippen LogP) is 5.27. The lowest BCUT2D eigenvalue weighted by molar-refractivity contribution is 1.36. The van der Waals surface area contributed by atoms with E-state index in [1.165, 1.54) is 0 Å². The van der Waals surface area contributed by atoms with Gasteiger partial charge in [0, 0.05) is 16.1 Å². The summed E-state index contributed by atoms with van der Waals surface area (Å²) in [6, 6.07) is 15.4. The summed E-state index contributed by atoms with van der Waals surface area (Å²) in [5, 5.41) is 14.0. The summed E-state index contributed by atoms with van der Waals surface area (Å²) in [4.78, 5) is 4.29. The molecule has 1 aromatic heterocycles. The molecule has 0 aliphatic heterocycles. The van der Waals surface area contributed by atoms with Crippen LogP contribution in [0.5, 0.6) is 0 Å². The number of para-hydroxylation sites is 1. The van der Waals surface area contributed by atoms with Crippen molar-refractivity contribution in [1.29, 1.82) is 5.26 Å². The molecule has 0 aliphatic carbocycles. The van der Waals surface area contributed by atoms with Gasteiger partial charge in [-0.05, 0) is 24.3 Å². The van der Waals surface area contributed by atoms with Crippen LogP contribution in [0.4, 0.5) is 11.4 Å². The number of rotatable bonds is 2. The lowest BCUT2D eigenvalue weighted by atomic mass is 10.1. The molecule has 21 heavy (non-hydrogen) atoms. The van der Waals surface area contributed by atoms with Crippen molar-refractivity contribution in [2.45, 2.75) is 0 Å².